The van der Waals surface area contributed by atoms with Crippen LogP contribution in [0.4, 0.5) is 5.69 Å². The van der Waals surface area contributed by atoms with E-state index in [1.165, 1.54) is 5.69 Å². The molecule has 1 aromatic carbocycles. The van der Waals surface area contributed by atoms with E-state index in [1.54, 1.807) is 16.2 Å². The Morgan fingerprint density at radius 3 is 2.55 bits per heavy atom. The minimum absolute atomic E-state index is 0.00490. The first-order valence-corrected chi connectivity index (χ1v) is 10.9. The topological polar surface area (TPSA) is 66.0 Å². The highest BCUT2D eigenvalue weighted by Crippen LogP contribution is 2.18. The smallest absolute Gasteiger partial charge is 0.253 e. The van der Waals surface area contributed by atoms with Gasteiger partial charge in [0.1, 0.15) is 0 Å². The van der Waals surface area contributed by atoms with Gasteiger partial charge in [0.2, 0.25) is 5.91 Å². The fourth-order valence-electron chi connectivity index (χ4n) is 3.81. The lowest BCUT2D eigenvalue weighted by molar-refractivity contribution is -0.154. The Bertz CT molecular complexity index is 849. The third-order valence-electron chi connectivity index (χ3n) is 5.41. The maximum absolute atomic E-state index is 13.0. The zero-order chi connectivity index (χ0) is 20.2. The molecule has 29 heavy (non-hydrogen) atoms. The van der Waals surface area contributed by atoms with Gasteiger partial charge in [-0.2, -0.15) is 0 Å². The molecule has 7 nitrogen and oxygen atoms in total. The minimum atomic E-state index is -0.576. The van der Waals surface area contributed by atoms with Gasteiger partial charge in [0.05, 0.1) is 30.3 Å². The van der Waals surface area contributed by atoms with Gasteiger partial charge in [0.25, 0.3) is 5.91 Å². The minimum Gasteiger partial charge on any atom is -0.368 e. The number of aryl methyl sites for hydroxylation is 1. The van der Waals surface area contributed by atoms with E-state index < -0.39 is 6.10 Å². The van der Waals surface area contributed by atoms with Gasteiger partial charge >= 0.3 is 0 Å². The van der Waals surface area contributed by atoms with Gasteiger partial charge in [-0.15, -0.1) is 11.3 Å². The molecule has 0 N–H and O–H groups in total. The highest BCUT2D eigenvalue weighted by molar-refractivity contribution is 7.09. The number of carbonyl (C=O) groups is 2. The predicted octanol–water partition coefficient (Wildman–Crippen LogP) is 1.57. The summed E-state index contributed by atoms with van der Waals surface area (Å²) < 4.78 is 5.73. The normalized spacial score (nSPS) is 20.0. The van der Waals surface area contributed by atoms with Crippen molar-refractivity contribution in [2.45, 2.75) is 19.4 Å². The lowest BCUT2D eigenvalue weighted by Crippen LogP contribution is -2.56. The molecule has 3 heterocycles. The lowest BCUT2D eigenvalue weighted by atomic mass is 10.2. The van der Waals surface area contributed by atoms with Gasteiger partial charge in [-0.1, -0.05) is 18.2 Å². The van der Waals surface area contributed by atoms with Crippen LogP contribution in [0.2, 0.25) is 0 Å². The third kappa shape index (κ3) is 4.76. The highest BCUT2D eigenvalue weighted by Gasteiger charge is 2.33. The third-order valence-corrected chi connectivity index (χ3v) is 6.23. The van der Waals surface area contributed by atoms with Gasteiger partial charge in [-0.25, -0.2) is 4.98 Å². The summed E-state index contributed by atoms with van der Waals surface area (Å²) in [5.74, 6) is -0.00925. The zero-order valence-electron chi connectivity index (χ0n) is 16.6. The number of thiazole rings is 1. The van der Waals surface area contributed by atoms with E-state index in [0.717, 1.165) is 23.8 Å². The van der Waals surface area contributed by atoms with E-state index in [4.69, 9.17) is 4.74 Å². The first kappa shape index (κ1) is 19.8. The number of nitrogens with zero attached hydrogens (tertiary/aromatic N) is 4. The number of carbonyl (C=O) groups excluding carboxylic acids is 2. The molecule has 2 fully saturated rings. The van der Waals surface area contributed by atoms with Crippen molar-refractivity contribution in [2.24, 2.45) is 0 Å². The Hall–Kier alpha value is -2.45. The number of rotatable bonds is 4. The summed E-state index contributed by atoms with van der Waals surface area (Å²) in [4.78, 5) is 35.8. The number of piperazine rings is 1. The molecule has 1 atom stereocenters. The van der Waals surface area contributed by atoms with Crippen molar-refractivity contribution in [3.05, 3.63) is 46.4 Å². The second kappa shape index (κ2) is 8.92. The molecule has 0 saturated carbocycles. The molecule has 0 aliphatic carbocycles. The van der Waals surface area contributed by atoms with Crippen LogP contribution in [0.5, 0.6) is 0 Å². The Balaban J connectivity index is 1.30. The summed E-state index contributed by atoms with van der Waals surface area (Å²) in [6.45, 7) is 6.09. The largest absolute Gasteiger partial charge is 0.368 e. The van der Waals surface area contributed by atoms with Gasteiger partial charge in [-0.3, -0.25) is 9.59 Å². The average Bonchev–Trinajstić information content (AvgIpc) is 3.18. The maximum atomic E-state index is 13.0. The average molecular weight is 415 g/mol. The van der Waals surface area contributed by atoms with Gasteiger partial charge in [0.15, 0.2) is 6.10 Å². The van der Waals surface area contributed by atoms with Crippen LogP contribution in [-0.2, 0) is 20.7 Å². The van der Waals surface area contributed by atoms with E-state index in [1.807, 2.05) is 35.4 Å². The summed E-state index contributed by atoms with van der Waals surface area (Å²) in [6, 6.07) is 10.2. The first-order valence-electron chi connectivity index (χ1n) is 9.99. The Kier molecular flexibility index (Phi) is 6.10. The maximum Gasteiger partial charge on any atom is 0.253 e. The van der Waals surface area contributed by atoms with Crippen molar-refractivity contribution in [3.8, 4) is 0 Å². The molecule has 2 saturated heterocycles. The number of para-hydroxylation sites is 1. The molecule has 154 valence electrons. The molecule has 2 aromatic rings. The summed E-state index contributed by atoms with van der Waals surface area (Å²) in [6.07, 6.45) is -0.297. The first-order chi connectivity index (χ1) is 14.1. The van der Waals surface area contributed by atoms with Crippen LogP contribution in [-0.4, -0.2) is 78.6 Å². The van der Waals surface area contributed by atoms with E-state index in [9.17, 15) is 9.59 Å². The zero-order valence-corrected chi connectivity index (χ0v) is 17.4. The number of aromatic nitrogens is 1. The van der Waals surface area contributed by atoms with Crippen molar-refractivity contribution >= 4 is 28.8 Å². The van der Waals surface area contributed by atoms with Crippen LogP contribution in [0.1, 0.15) is 10.7 Å². The summed E-state index contributed by atoms with van der Waals surface area (Å²) in [5, 5.41) is 2.88. The lowest BCUT2D eigenvalue weighted by Gasteiger charge is -2.39. The van der Waals surface area contributed by atoms with Crippen molar-refractivity contribution in [1.82, 2.24) is 14.8 Å². The number of ether oxygens (including phenoxy) is 1. The number of hydrogen-bond acceptors (Lipinski definition) is 6. The SMILES string of the molecule is Cc1nc(CC(=O)N2CCOC(C(=O)N3CCN(c4ccccc4)CC3)C2)cs1. The van der Waals surface area contributed by atoms with E-state index >= 15 is 0 Å². The molecule has 2 aliphatic rings. The van der Waals surface area contributed by atoms with Gasteiger partial charge in [-0.05, 0) is 19.1 Å². The number of anilines is 1. The molecule has 0 radical (unpaired) electrons. The summed E-state index contributed by atoms with van der Waals surface area (Å²) >= 11 is 1.54. The Morgan fingerprint density at radius 1 is 1.10 bits per heavy atom. The number of morpholine rings is 1. The van der Waals surface area contributed by atoms with Crippen LogP contribution in [0.3, 0.4) is 0 Å². The molecule has 4 rings (SSSR count). The van der Waals surface area contributed by atoms with Crippen LogP contribution in [0, 0.1) is 6.92 Å². The van der Waals surface area contributed by atoms with E-state index in [-0.39, 0.29) is 18.2 Å². The molecule has 0 spiro atoms. The molecule has 1 aromatic heterocycles. The van der Waals surface area contributed by atoms with Crippen molar-refractivity contribution in [2.75, 3.05) is 50.8 Å². The molecule has 0 bridgehead atoms. The number of amides is 2. The monoisotopic (exact) mass is 414 g/mol. The number of benzene rings is 1. The Morgan fingerprint density at radius 2 is 1.86 bits per heavy atom. The van der Waals surface area contributed by atoms with Gasteiger partial charge < -0.3 is 19.4 Å². The summed E-state index contributed by atoms with van der Waals surface area (Å²) in [7, 11) is 0. The second-order valence-electron chi connectivity index (χ2n) is 7.38. The van der Waals surface area contributed by atoms with Gasteiger partial charge in [0, 0.05) is 43.8 Å². The quantitative estimate of drug-likeness (QED) is 0.760. The molecular formula is C21H26N4O3S. The van der Waals surface area contributed by atoms with Crippen LogP contribution >= 0.6 is 11.3 Å². The molecule has 1 unspecified atom stereocenters. The Labute approximate surface area is 174 Å². The molecular weight excluding hydrogens is 388 g/mol. The van der Waals surface area contributed by atoms with Crippen molar-refractivity contribution in [1.29, 1.82) is 0 Å². The van der Waals surface area contributed by atoms with E-state index in [0.29, 0.717) is 32.8 Å². The molecule has 8 heteroatoms. The molecule has 2 aliphatic heterocycles. The summed E-state index contributed by atoms with van der Waals surface area (Å²) in [5.41, 5.74) is 1.98. The molecule has 2 amide bonds. The highest BCUT2D eigenvalue weighted by atomic mass is 32.1. The fraction of sp³-hybridized carbons (Fsp3) is 0.476. The fourth-order valence-corrected chi connectivity index (χ4v) is 4.42. The van der Waals surface area contributed by atoms with E-state index in [2.05, 4.69) is 22.0 Å². The number of hydrogen-bond donors (Lipinski definition) is 0. The van der Waals surface area contributed by atoms with Crippen molar-refractivity contribution in [3.63, 3.8) is 0 Å². The van der Waals surface area contributed by atoms with Crippen LogP contribution in [0.15, 0.2) is 35.7 Å². The standard InChI is InChI=1S/C21H26N4O3S/c1-16-22-17(15-29-16)13-20(26)25-11-12-28-19(14-25)21(27)24-9-7-23(8-10-24)18-5-3-2-4-6-18/h2-6,15,19H,7-14H2,1H3. The van der Waals surface area contributed by atoms with Crippen molar-refractivity contribution < 1.29 is 14.3 Å². The van der Waals surface area contributed by atoms with Crippen LogP contribution < -0.4 is 4.90 Å². The van der Waals surface area contributed by atoms with Crippen LogP contribution in [0.25, 0.3) is 0 Å². The predicted molar refractivity (Wildman–Crippen MR) is 112 cm³/mol. The second-order valence-corrected chi connectivity index (χ2v) is 8.44.